The van der Waals surface area contributed by atoms with Gasteiger partial charge in [-0.1, -0.05) is 29.3 Å². The minimum Gasteiger partial charge on any atom is -0.492 e. The predicted molar refractivity (Wildman–Crippen MR) is 104 cm³/mol. The molecule has 0 aliphatic carbocycles. The van der Waals surface area contributed by atoms with Crippen molar-refractivity contribution >= 4 is 34.9 Å². The standard InChI is InChI=1S/C18H20Cl2N4O3/c1-26-18(25)13-3-2-4-14(11-13)27-10-9-23-5-7-24(8-6-23)15-12-16(19)21-22-17(15)20/h2-4,11-12H,5-10H2,1H3. The van der Waals surface area contributed by atoms with Crippen LogP contribution in [0.3, 0.4) is 0 Å². The highest BCUT2D eigenvalue weighted by molar-refractivity contribution is 6.33. The van der Waals surface area contributed by atoms with Gasteiger partial charge in [0, 0.05) is 38.8 Å². The Hall–Kier alpha value is -2.09. The van der Waals surface area contributed by atoms with E-state index in [-0.39, 0.29) is 5.97 Å². The summed E-state index contributed by atoms with van der Waals surface area (Å²) in [6, 6.07) is 8.73. The molecule has 1 aromatic heterocycles. The summed E-state index contributed by atoms with van der Waals surface area (Å²) >= 11 is 12.0. The molecule has 2 heterocycles. The number of halogens is 2. The van der Waals surface area contributed by atoms with Crippen molar-refractivity contribution in [2.24, 2.45) is 0 Å². The molecule has 1 saturated heterocycles. The summed E-state index contributed by atoms with van der Waals surface area (Å²) in [5, 5.41) is 8.29. The van der Waals surface area contributed by atoms with Gasteiger partial charge >= 0.3 is 5.97 Å². The quantitative estimate of drug-likeness (QED) is 0.678. The van der Waals surface area contributed by atoms with Crippen molar-refractivity contribution in [2.45, 2.75) is 0 Å². The molecule has 0 bridgehead atoms. The van der Waals surface area contributed by atoms with Crippen LogP contribution >= 0.6 is 23.2 Å². The first-order valence-electron chi connectivity index (χ1n) is 8.54. The number of piperazine rings is 1. The molecule has 1 fully saturated rings. The lowest BCUT2D eigenvalue weighted by Crippen LogP contribution is -2.47. The maximum atomic E-state index is 11.6. The Morgan fingerprint density at radius 3 is 2.67 bits per heavy atom. The Bertz CT molecular complexity index is 798. The molecule has 7 nitrogen and oxygen atoms in total. The van der Waals surface area contributed by atoms with Crippen LogP contribution in [0.5, 0.6) is 5.75 Å². The Kier molecular flexibility index (Phi) is 6.71. The lowest BCUT2D eigenvalue weighted by atomic mass is 10.2. The number of carbonyl (C=O) groups excluding carboxylic acids is 1. The largest absolute Gasteiger partial charge is 0.492 e. The zero-order valence-corrected chi connectivity index (χ0v) is 16.4. The molecule has 0 unspecified atom stereocenters. The summed E-state index contributed by atoms with van der Waals surface area (Å²) in [4.78, 5) is 16.0. The molecule has 0 amide bonds. The highest BCUT2D eigenvalue weighted by atomic mass is 35.5. The van der Waals surface area contributed by atoms with E-state index < -0.39 is 0 Å². The Morgan fingerprint density at radius 2 is 1.93 bits per heavy atom. The van der Waals surface area contributed by atoms with E-state index in [2.05, 4.69) is 20.0 Å². The van der Waals surface area contributed by atoms with E-state index in [1.165, 1.54) is 7.11 Å². The van der Waals surface area contributed by atoms with E-state index in [1.807, 2.05) is 6.07 Å². The monoisotopic (exact) mass is 410 g/mol. The fourth-order valence-corrected chi connectivity index (χ4v) is 3.25. The summed E-state index contributed by atoms with van der Waals surface area (Å²) in [7, 11) is 1.36. The first kappa shape index (κ1) is 19.7. The van der Waals surface area contributed by atoms with E-state index >= 15 is 0 Å². The molecule has 1 aliphatic heterocycles. The fraction of sp³-hybridized carbons (Fsp3) is 0.389. The predicted octanol–water partition coefficient (Wildman–Crippen LogP) is 2.77. The molecule has 144 valence electrons. The number of hydrogen-bond donors (Lipinski definition) is 0. The zero-order chi connectivity index (χ0) is 19.2. The SMILES string of the molecule is COC(=O)c1cccc(OCCN2CCN(c3cc(Cl)nnc3Cl)CC2)c1. The molecule has 0 atom stereocenters. The van der Waals surface area contributed by atoms with Crippen molar-refractivity contribution in [3.8, 4) is 5.75 Å². The number of hydrogen-bond acceptors (Lipinski definition) is 7. The maximum Gasteiger partial charge on any atom is 0.337 e. The molecule has 1 aromatic carbocycles. The average Bonchev–Trinajstić information content (AvgIpc) is 2.70. The fourth-order valence-electron chi connectivity index (χ4n) is 2.90. The van der Waals surface area contributed by atoms with Crippen LogP contribution in [0.25, 0.3) is 0 Å². The molecular weight excluding hydrogens is 391 g/mol. The minimum absolute atomic E-state index is 0.333. The number of carbonyl (C=O) groups is 1. The summed E-state index contributed by atoms with van der Waals surface area (Å²) in [5.41, 5.74) is 1.29. The number of rotatable bonds is 6. The van der Waals surface area contributed by atoms with Gasteiger partial charge in [0.1, 0.15) is 12.4 Å². The van der Waals surface area contributed by atoms with Gasteiger partial charge in [0.2, 0.25) is 0 Å². The molecule has 0 saturated carbocycles. The summed E-state index contributed by atoms with van der Waals surface area (Å²) < 4.78 is 10.5. The third-order valence-corrected chi connectivity index (χ3v) is 4.80. The van der Waals surface area contributed by atoms with Gasteiger partial charge < -0.3 is 14.4 Å². The van der Waals surface area contributed by atoms with Crippen LogP contribution in [0.4, 0.5) is 5.69 Å². The Balaban J connectivity index is 1.46. The van der Waals surface area contributed by atoms with Crippen LogP contribution in [-0.4, -0.2) is 67.5 Å². The van der Waals surface area contributed by atoms with Crippen molar-refractivity contribution in [2.75, 3.05) is 51.3 Å². The third kappa shape index (κ3) is 5.22. The number of aromatic nitrogens is 2. The van der Waals surface area contributed by atoms with Crippen molar-refractivity contribution < 1.29 is 14.3 Å². The third-order valence-electron chi connectivity index (χ3n) is 4.34. The lowest BCUT2D eigenvalue weighted by molar-refractivity contribution is 0.0600. The van der Waals surface area contributed by atoms with Crippen molar-refractivity contribution in [1.82, 2.24) is 15.1 Å². The van der Waals surface area contributed by atoms with Crippen LogP contribution in [0.1, 0.15) is 10.4 Å². The van der Waals surface area contributed by atoms with Crippen LogP contribution in [0.2, 0.25) is 10.3 Å². The molecule has 0 spiro atoms. The van der Waals surface area contributed by atoms with Gasteiger partial charge in [0.15, 0.2) is 10.3 Å². The average molecular weight is 411 g/mol. The number of methoxy groups -OCH3 is 1. The number of anilines is 1. The van der Waals surface area contributed by atoms with Crippen molar-refractivity contribution in [1.29, 1.82) is 0 Å². The van der Waals surface area contributed by atoms with Gasteiger partial charge in [-0.25, -0.2) is 4.79 Å². The molecule has 1 aliphatic rings. The van der Waals surface area contributed by atoms with Crippen molar-refractivity contribution in [3.05, 3.63) is 46.2 Å². The van der Waals surface area contributed by atoms with Gasteiger partial charge in [0.25, 0.3) is 0 Å². The van der Waals surface area contributed by atoms with Crippen LogP contribution in [0.15, 0.2) is 30.3 Å². The molecule has 9 heteroatoms. The highest BCUT2D eigenvalue weighted by Gasteiger charge is 2.20. The summed E-state index contributed by atoms with van der Waals surface area (Å²) in [5.74, 6) is 0.279. The summed E-state index contributed by atoms with van der Waals surface area (Å²) in [6.45, 7) is 4.72. The first-order valence-corrected chi connectivity index (χ1v) is 9.29. The Morgan fingerprint density at radius 1 is 1.15 bits per heavy atom. The van der Waals surface area contributed by atoms with Gasteiger partial charge in [-0.15, -0.1) is 10.2 Å². The minimum atomic E-state index is -0.374. The number of esters is 1. The highest BCUT2D eigenvalue weighted by Crippen LogP contribution is 2.26. The van der Waals surface area contributed by atoms with E-state index in [9.17, 15) is 4.79 Å². The van der Waals surface area contributed by atoms with Crippen LogP contribution in [-0.2, 0) is 4.74 Å². The molecule has 2 aromatic rings. The second kappa shape index (κ2) is 9.21. The van der Waals surface area contributed by atoms with E-state index in [0.29, 0.717) is 28.2 Å². The Labute approximate surface area is 167 Å². The van der Waals surface area contributed by atoms with E-state index in [4.69, 9.17) is 32.7 Å². The zero-order valence-electron chi connectivity index (χ0n) is 14.9. The molecular formula is C18H20Cl2N4O3. The van der Waals surface area contributed by atoms with Crippen LogP contribution < -0.4 is 9.64 Å². The van der Waals surface area contributed by atoms with Gasteiger partial charge in [-0.3, -0.25) is 4.90 Å². The number of nitrogens with zero attached hydrogens (tertiary/aromatic N) is 4. The number of benzene rings is 1. The second-order valence-corrected chi connectivity index (χ2v) is 6.78. The normalized spacial score (nSPS) is 14.9. The van der Waals surface area contributed by atoms with Crippen LogP contribution in [0, 0.1) is 0 Å². The first-order chi connectivity index (χ1) is 13.1. The van der Waals surface area contributed by atoms with Gasteiger partial charge in [0.05, 0.1) is 18.4 Å². The maximum absolute atomic E-state index is 11.6. The van der Waals surface area contributed by atoms with Gasteiger partial charge in [-0.05, 0) is 18.2 Å². The van der Waals surface area contributed by atoms with E-state index in [1.54, 1.807) is 24.3 Å². The van der Waals surface area contributed by atoms with Gasteiger partial charge in [-0.2, -0.15) is 0 Å². The molecule has 3 rings (SSSR count). The molecule has 0 radical (unpaired) electrons. The summed E-state index contributed by atoms with van der Waals surface area (Å²) in [6.07, 6.45) is 0. The topological polar surface area (TPSA) is 67.8 Å². The molecule has 27 heavy (non-hydrogen) atoms. The lowest BCUT2D eigenvalue weighted by Gasteiger charge is -2.36. The molecule has 0 N–H and O–H groups in total. The smallest absolute Gasteiger partial charge is 0.337 e. The number of ether oxygens (including phenoxy) is 2. The van der Waals surface area contributed by atoms with E-state index in [0.717, 1.165) is 38.4 Å². The van der Waals surface area contributed by atoms with Crippen molar-refractivity contribution in [3.63, 3.8) is 0 Å². The second-order valence-electron chi connectivity index (χ2n) is 6.04.